The van der Waals surface area contributed by atoms with Gasteiger partial charge in [-0.1, -0.05) is 6.07 Å². The van der Waals surface area contributed by atoms with Gasteiger partial charge in [-0.25, -0.2) is 0 Å². The summed E-state index contributed by atoms with van der Waals surface area (Å²) in [6.45, 7) is 5.11. The van der Waals surface area contributed by atoms with Crippen LogP contribution in [0, 0.1) is 0 Å². The van der Waals surface area contributed by atoms with E-state index in [0.717, 1.165) is 22.8 Å². The third-order valence-corrected chi connectivity index (χ3v) is 2.92. The van der Waals surface area contributed by atoms with Crippen molar-refractivity contribution < 1.29 is 9.47 Å². The highest BCUT2D eigenvalue weighted by atomic mass is 16.5. The van der Waals surface area contributed by atoms with E-state index >= 15 is 0 Å². The lowest BCUT2D eigenvalue weighted by molar-refractivity contribution is 0.287. The highest BCUT2D eigenvalue weighted by Crippen LogP contribution is 2.32. The number of benzene rings is 1. The fraction of sp³-hybridized carbons (Fsp3) is 0.429. The van der Waals surface area contributed by atoms with E-state index in [4.69, 9.17) is 9.47 Å². The molecule has 0 amide bonds. The Morgan fingerprint density at radius 2 is 1.95 bits per heavy atom. The third-order valence-electron chi connectivity index (χ3n) is 2.92. The van der Waals surface area contributed by atoms with Crippen LogP contribution in [-0.2, 0) is 0 Å². The molecule has 6 heteroatoms. The number of aromatic nitrogens is 3. The van der Waals surface area contributed by atoms with Crippen molar-refractivity contribution in [3.63, 3.8) is 0 Å². The van der Waals surface area contributed by atoms with Crippen LogP contribution in [0.3, 0.4) is 0 Å². The molecule has 1 heterocycles. The zero-order valence-electron chi connectivity index (χ0n) is 12.0. The molecule has 1 aromatic heterocycles. The van der Waals surface area contributed by atoms with E-state index in [1.165, 1.54) is 0 Å². The lowest BCUT2D eigenvalue weighted by atomic mass is 10.0. The molecule has 0 aliphatic rings. The first-order valence-electron chi connectivity index (χ1n) is 6.72. The topological polar surface area (TPSA) is 72.1 Å². The minimum atomic E-state index is -0.0383. The number of H-pyrrole nitrogens is 1. The van der Waals surface area contributed by atoms with Crippen LogP contribution in [0.5, 0.6) is 11.5 Å². The maximum absolute atomic E-state index is 5.65. The van der Waals surface area contributed by atoms with Crippen molar-refractivity contribution in [3.05, 3.63) is 35.7 Å². The van der Waals surface area contributed by atoms with Gasteiger partial charge in [0.15, 0.2) is 11.5 Å². The van der Waals surface area contributed by atoms with Gasteiger partial charge in [0.25, 0.3) is 0 Å². The third kappa shape index (κ3) is 3.08. The first-order valence-corrected chi connectivity index (χ1v) is 6.72. The fourth-order valence-electron chi connectivity index (χ4n) is 2.08. The second-order valence-corrected chi connectivity index (χ2v) is 4.19. The van der Waals surface area contributed by atoms with Crippen LogP contribution >= 0.6 is 0 Å². The lowest BCUT2D eigenvalue weighted by Gasteiger charge is -2.17. The molecule has 20 heavy (non-hydrogen) atoms. The predicted octanol–water partition coefficient (Wildman–Crippen LogP) is 1.91. The lowest BCUT2D eigenvalue weighted by Crippen LogP contribution is -2.18. The van der Waals surface area contributed by atoms with Gasteiger partial charge in [0.2, 0.25) is 0 Å². The maximum atomic E-state index is 5.65. The Balaban J connectivity index is 2.33. The number of aromatic amines is 1. The van der Waals surface area contributed by atoms with Gasteiger partial charge >= 0.3 is 0 Å². The smallest absolute Gasteiger partial charge is 0.161 e. The molecule has 0 bridgehead atoms. The fourth-order valence-corrected chi connectivity index (χ4v) is 2.08. The van der Waals surface area contributed by atoms with Crippen LogP contribution in [0.4, 0.5) is 0 Å². The number of hydrogen-bond acceptors (Lipinski definition) is 5. The van der Waals surface area contributed by atoms with E-state index in [9.17, 15) is 0 Å². The van der Waals surface area contributed by atoms with Gasteiger partial charge in [0.1, 0.15) is 5.69 Å². The number of ether oxygens (including phenoxy) is 2. The molecule has 2 N–H and O–H groups in total. The van der Waals surface area contributed by atoms with Crippen molar-refractivity contribution in [2.24, 2.45) is 0 Å². The SMILES string of the molecule is CCOc1ccc(C(NC)c2cn[nH]n2)cc1OCC. The summed E-state index contributed by atoms with van der Waals surface area (Å²) in [6.07, 6.45) is 1.71. The molecule has 0 aliphatic carbocycles. The van der Waals surface area contributed by atoms with Crippen LogP contribution in [-0.4, -0.2) is 35.7 Å². The molecule has 0 saturated heterocycles. The largest absolute Gasteiger partial charge is 0.490 e. The van der Waals surface area contributed by atoms with Gasteiger partial charge in [-0.2, -0.15) is 15.4 Å². The molecule has 0 radical (unpaired) electrons. The summed E-state index contributed by atoms with van der Waals surface area (Å²) < 4.78 is 11.2. The van der Waals surface area contributed by atoms with Crippen molar-refractivity contribution >= 4 is 0 Å². The zero-order valence-corrected chi connectivity index (χ0v) is 12.0. The van der Waals surface area contributed by atoms with Crippen LogP contribution in [0.2, 0.25) is 0 Å². The Labute approximate surface area is 118 Å². The van der Waals surface area contributed by atoms with Crippen LogP contribution < -0.4 is 14.8 Å². The molecule has 6 nitrogen and oxygen atoms in total. The highest BCUT2D eigenvalue weighted by molar-refractivity contribution is 5.45. The van der Waals surface area contributed by atoms with Crippen molar-refractivity contribution in [1.82, 2.24) is 20.7 Å². The Morgan fingerprint density at radius 1 is 1.20 bits per heavy atom. The molecule has 1 atom stereocenters. The molecular weight excluding hydrogens is 256 g/mol. The van der Waals surface area contributed by atoms with Crippen molar-refractivity contribution in [3.8, 4) is 11.5 Å². The molecule has 1 unspecified atom stereocenters. The molecular formula is C14H20N4O2. The van der Waals surface area contributed by atoms with Crippen molar-refractivity contribution in [1.29, 1.82) is 0 Å². The van der Waals surface area contributed by atoms with Crippen LogP contribution in [0.15, 0.2) is 24.4 Å². The summed E-state index contributed by atoms with van der Waals surface area (Å²) in [7, 11) is 1.89. The molecule has 0 aliphatic heterocycles. The van der Waals surface area contributed by atoms with E-state index in [1.807, 2.05) is 39.1 Å². The monoisotopic (exact) mass is 276 g/mol. The number of hydrogen-bond donors (Lipinski definition) is 2. The molecule has 2 aromatic rings. The van der Waals surface area contributed by atoms with E-state index in [2.05, 4.69) is 20.7 Å². The Hall–Kier alpha value is -2.08. The average molecular weight is 276 g/mol. The van der Waals surface area contributed by atoms with E-state index in [1.54, 1.807) is 6.20 Å². The number of nitrogens with zero attached hydrogens (tertiary/aromatic N) is 2. The van der Waals surface area contributed by atoms with E-state index in [0.29, 0.717) is 13.2 Å². The molecule has 0 spiro atoms. The van der Waals surface area contributed by atoms with Gasteiger partial charge < -0.3 is 14.8 Å². The summed E-state index contributed by atoms with van der Waals surface area (Å²) in [5, 5.41) is 13.8. The molecule has 2 rings (SSSR count). The van der Waals surface area contributed by atoms with Gasteiger partial charge in [0, 0.05) is 0 Å². The normalized spacial score (nSPS) is 12.2. The zero-order chi connectivity index (χ0) is 14.4. The Kier molecular flexibility index (Phi) is 4.95. The summed E-state index contributed by atoms with van der Waals surface area (Å²) in [5.74, 6) is 1.50. The minimum absolute atomic E-state index is 0.0383. The minimum Gasteiger partial charge on any atom is -0.490 e. The number of nitrogens with one attached hydrogen (secondary N) is 2. The van der Waals surface area contributed by atoms with Gasteiger partial charge in [-0.05, 0) is 38.6 Å². The van der Waals surface area contributed by atoms with Crippen molar-refractivity contribution in [2.75, 3.05) is 20.3 Å². The number of rotatable bonds is 7. The van der Waals surface area contributed by atoms with Gasteiger partial charge in [0.05, 0.1) is 25.5 Å². The molecule has 108 valence electrons. The quantitative estimate of drug-likeness (QED) is 0.808. The Bertz CT molecular complexity index is 528. The first kappa shape index (κ1) is 14.3. The second kappa shape index (κ2) is 6.91. The summed E-state index contributed by atoms with van der Waals surface area (Å²) in [6, 6.07) is 5.87. The molecule has 1 aromatic carbocycles. The first-order chi connectivity index (χ1) is 9.80. The standard InChI is InChI=1S/C14H20N4O2/c1-4-19-12-7-6-10(8-13(12)20-5-2)14(15-3)11-9-16-18-17-11/h6-9,14-15H,4-5H2,1-3H3,(H,16,17,18). The summed E-state index contributed by atoms with van der Waals surface area (Å²) in [4.78, 5) is 0. The second-order valence-electron chi connectivity index (χ2n) is 4.19. The van der Waals surface area contributed by atoms with Gasteiger partial charge in [-0.15, -0.1) is 0 Å². The van der Waals surface area contributed by atoms with Gasteiger partial charge in [-0.3, -0.25) is 0 Å². The Morgan fingerprint density at radius 3 is 2.55 bits per heavy atom. The summed E-state index contributed by atoms with van der Waals surface area (Å²) >= 11 is 0. The molecule has 0 saturated carbocycles. The predicted molar refractivity (Wildman–Crippen MR) is 76.1 cm³/mol. The van der Waals surface area contributed by atoms with E-state index < -0.39 is 0 Å². The molecule has 0 fully saturated rings. The van der Waals surface area contributed by atoms with E-state index in [-0.39, 0.29) is 6.04 Å². The van der Waals surface area contributed by atoms with Crippen LogP contribution in [0.25, 0.3) is 0 Å². The van der Waals surface area contributed by atoms with Crippen LogP contribution in [0.1, 0.15) is 31.1 Å². The average Bonchev–Trinajstić information content (AvgIpc) is 2.97. The highest BCUT2D eigenvalue weighted by Gasteiger charge is 2.17. The summed E-state index contributed by atoms with van der Waals surface area (Å²) in [5.41, 5.74) is 1.88. The maximum Gasteiger partial charge on any atom is 0.161 e. The van der Waals surface area contributed by atoms with Crippen molar-refractivity contribution in [2.45, 2.75) is 19.9 Å².